The summed E-state index contributed by atoms with van der Waals surface area (Å²) in [4.78, 5) is 30.9. The highest BCUT2D eigenvalue weighted by atomic mass is 19.1. The number of amides is 1. The van der Waals surface area contributed by atoms with Gasteiger partial charge in [0.15, 0.2) is 11.5 Å². The number of benzene rings is 1. The average Bonchev–Trinajstić information content (AvgIpc) is 3.18. The molecule has 0 spiro atoms. The van der Waals surface area contributed by atoms with Crippen LogP contribution in [0.25, 0.3) is 16.9 Å². The van der Waals surface area contributed by atoms with Gasteiger partial charge in [-0.2, -0.15) is 0 Å². The number of H-pyrrole nitrogens is 1. The molecule has 10 heteroatoms. The molecule has 0 bridgehead atoms. The molecule has 156 valence electrons. The zero-order chi connectivity index (χ0) is 22.0. The van der Waals surface area contributed by atoms with E-state index in [0.29, 0.717) is 28.3 Å². The Morgan fingerprint density at radius 2 is 1.97 bits per heavy atom. The minimum Gasteiger partial charge on any atom is -0.479 e. The van der Waals surface area contributed by atoms with Crippen LogP contribution in [0.5, 0.6) is 5.88 Å². The number of halogens is 1. The first-order valence-electron chi connectivity index (χ1n) is 9.20. The maximum Gasteiger partial charge on any atom is 0.283 e. The number of aromatic nitrogens is 5. The first-order valence-corrected chi connectivity index (χ1v) is 9.20. The van der Waals surface area contributed by atoms with Crippen molar-refractivity contribution in [1.82, 2.24) is 25.0 Å². The van der Waals surface area contributed by atoms with Gasteiger partial charge in [0.2, 0.25) is 5.88 Å². The molecular weight excluding hydrogens is 403 g/mol. The zero-order valence-corrected chi connectivity index (χ0v) is 16.6. The standard InChI is InChI=1S/C21H17FN6O3/c1-12-18(28(27-26-12)14-6-4-3-5-7-14)20(30)24-17-9-8-16(25-21(17)31-2)13-10-15(22)19(29)23-11-13/h3-11H,1-2H3,(H,23,29)(H,24,30). The molecule has 0 aliphatic carbocycles. The van der Waals surface area contributed by atoms with E-state index >= 15 is 0 Å². The van der Waals surface area contributed by atoms with Crippen LogP contribution in [-0.4, -0.2) is 38.0 Å². The molecule has 0 radical (unpaired) electrons. The lowest BCUT2D eigenvalue weighted by Gasteiger charge is -2.12. The average molecular weight is 420 g/mol. The van der Waals surface area contributed by atoms with Crippen LogP contribution in [0.4, 0.5) is 10.1 Å². The fraction of sp³-hybridized carbons (Fsp3) is 0.0952. The van der Waals surface area contributed by atoms with Gasteiger partial charge in [0.05, 0.1) is 24.2 Å². The number of carbonyl (C=O) groups excluding carboxylic acids is 1. The number of nitrogens with one attached hydrogen (secondary N) is 2. The molecule has 0 fully saturated rings. The van der Waals surface area contributed by atoms with Crippen molar-refractivity contribution in [3.8, 4) is 22.8 Å². The van der Waals surface area contributed by atoms with Crippen LogP contribution in [0, 0.1) is 12.7 Å². The van der Waals surface area contributed by atoms with E-state index in [1.54, 1.807) is 19.1 Å². The molecular formula is C21H17FN6O3. The number of ether oxygens (including phenoxy) is 1. The minimum atomic E-state index is -0.923. The molecule has 0 atom stereocenters. The number of anilines is 1. The zero-order valence-electron chi connectivity index (χ0n) is 16.6. The van der Waals surface area contributed by atoms with Crippen LogP contribution in [0.1, 0.15) is 16.2 Å². The third kappa shape index (κ3) is 3.90. The topological polar surface area (TPSA) is 115 Å². The molecule has 0 aliphatic heterocycles. The summed E-state index contributed by atoms with van der Waals surface area (Å²) in [6.45, 7) is 1.69. The molecule has 0 saturated heterocycles. The number of aryl methyl sites for hydroxylation is 1. The summed E-state index contributed by atoms with van der Waals surface area (Å²) in [5.74, 6) is -1.25. The maximum absolute atomic E-state index is 13.6. The van der Waals surface area contributed by atoms with Crippen LogP contribution in [0.3, 0.4) is 0 Å². The molecule has 4 aromatic rings. The summed E-state index contributed by atoms with van der Waals surface area (Å²) in [5.41, 5.74) is 1.61. The Balaban J connectivity index is 1.66. The predicted molar refractivity (Wildman–Crippen MR) is 111 cm³/mol. The van der Waals surface area contributed by atoms with Gasteiger partial charge < -0.3 is 15.0 Å². The van der Waals surface area contributed by atoms with Crippen LogP contribution >= 0.6 is 0 Å². The minimum absolute atomic E-state index is 0.119. The lowest BCUT2D eigenvalue weighted by molar-refractivity contribution is 0.101. The smallest absolute Gasteiger partial charge is 0.283 e. The highest BCUT2D eigenvalue weighted by molar-refractivity contribution is 6.04. The molecule has 0 unspecified atom stereocenters. The van der Waals surface area contributed by atoms with Gasteiger partial charge in [0.1, 0.15) is 5.69 Å². The Hall–Kier alpha value is -4.34. The van der Waals surface area contributed by atoms with Gasteiger partial charge in [-0.3, -0.25) is 9.59 Å². The largest absolute Gasteiger partial charge is 0.479 e. The number of pyridine rings is 2. The Morgan fingerprint density at radius 3 is 2.68 bits per heavy atom. The first-order chi connectivity index (χ1) is 15.0. The molecule has 0 saturated carbocycles. The number of rotatable bonds is 5. The second-order valence-electron chi connectivity index (χ2n) is 6.54. The molecule has 3 aromatic heterocycles. The highest BCUT2D eigenvalue weighted by Gasteiger charge is 2.21. The van der Waals surface area contributed by atoms with Gasteiger partial charge in [0.25, 0.3) is 11.5 Å². The van der Waals surface area contributed by atoms with Crippen molar-refractivity contribution in [3.05, 3.63) is 82.3 Å². The number of para-hydroxylation sites is 1. The third-order valence-electron chi connectivity index (χ3n) is 4.51. The number of methoxy groups -OCH3 is 1. The summed E-state index contributed by atoms with van der Waals surface area (Å²) < 4.78 is 20.3. The van der Waals surface area contributed by atoms with Crippen molar-refractivity contribution in [2.75, 3.05) is 12.4 Å². The van der Waals surface area contributed by atoms with E-state index < -0.39 is 17.3 Å². The summed E-state index contributed by atoms with van der Waals surface area (Å²) in [6.07, 6.45) is 1.35. The van der Waals surface area contributed by atoms with E-state index in [-0.39, 0.29) is 11.6 Å². The van der Waals surface area contributed by atoms with Crippen LogP contribution in [-0.2, 0) is 0 Å². The van der Waals surface area contributed by atoms with Crippen molar-refractivity contribution in [3.63, 3.8) is 0 Å². The maximum atomic E-state index is 13.6. The van der Waals surface area contributed by atoms with Gasteiger partial charge in [-0.1, -0.05) is 23.4 Å². The molecule has 1 aromatic carbocycles. The molecule has 2 N–H and O–H groups in total. The van der Waals surface area contributed by atoms with Crippen LogP contribution < -0.4 is 15.6 Å². The van der Waals surface area contributed by atoms with Crippen LogP contribution in [0.2, 0.25) is 0 Å². The van der Waals surface area contributed by atoms with E-state index in [9.17, 15) is 14.0 Å². The van der Waals surface area contributed by atoms with Gasteiger partial charge in [-0.05, 0) is 37.3 Å². The highest BCUT2D eigenvalue weighted by Crippen LogP contribution is 2.27. The second-order valence-corrected chi connectivity index (χ2v) is 6.54. The fourth-order valence-corrected chi connectivity index (χ4v) is 3.00. The predicted octanol–water partition coefficient (Wildman–Crippen LogP) is 2.73. The van der Waals surface area contributed by atoms with Crippen molar-refractivity contribution in [1.29, 1.82) is 0 Å². The van der Waals surface area contributed by atoms with Crippen LogP contribution in [0.15, 0.2) is 59.5 Å². The summed E-state index contributed by atoms with van der Waals surface area (Å²) >= 11 is 0. The first kappa shape index (κ1) is 20.0. The monoisotopic (exact) mass is 420 g/mol. The summed E-state index contributed by atoms with van der Waals surface area (Å²) in [6, 6.07) is 13.4. The number of hydrogen-bond acceptors (Lipinski definition) is 6. The van der Waals surface area contributed by atoms with E-state index in [0.717, 1.165) is 6.07 Å². The van der Waals surface area contributed by atoms with E-state index in [4.69, 9.17) is 4.74 Å². The number of aromatic amines is 1. The van der Waals surface area contributed by atoms with Gasteiger partial charge in [-0.15, -0.1) is 5.10 Å². The van der Waals surface area contributed by atoms with Gasteiger partial charge in [-0.25, -0.2) is 14.1 Å². The van der Waals surface area contributed by atoms with Crippen molar-refractivity contribution < 1.29 is 13.9 Å². The lowest BCUT2D eigenvalue weighted by Crippen LogP contribution is -2.18. The molecule has 4 rings (SSSR count). The van der Waals surface area contributed by atoms with Crippen molar-refractivity contribution in [2.45, 2.75) is 6.92 Å². The molecule has 31 heavy (non-hydrogen) atoms. The Kier molecular flexibility index (Phi) is 5.27. The third-order valence-corrected chi connectivity index (χ3v) is 4.51. The Labute approximate surface area is 175 Å². The molecule has 1 amide bonds. The van der Waals surface area contributed by atoms with E-state index in [2.05, 4.69) is 25.6 Å². The van der Waals surface area contributed by atoms with Crippen molar-refractivity contribution in [2.24, 2.45) is 0 Å². The number of carbonyl (C=O) groups is 1. The summed E-state index contributed by atoms with van der Waals surface area (Å²) in [7, 11) is 1.40. The van der Waals surface area contributed by atoms with E-state index in [1.165, 1.54) is 18.0 Å². The lowest BCUT2D eigenvalue weighted by atomic mass is 10.2. The fourth-order valence-electron chi connectivity index (χ4n) is 3.00. The van der Waals surface area contributed by atoms with Gasteiger partial charge >= 0.3 is 0 Å². The molecule has 9 nitrogen and oxygen atoms in total. The number of hydrogen-bond donors (Lipinski definition) is 2. The molecule has 0 aliphatic rings. The SMILES string of the molecule is COc1nc(-c2c[nH]c(=O)c(F)c2)ccc1NC(=O)c1c(C)nnn1-c1ccccc1. The Morgan fingerprint density at radius 1 is 1.19 bits per heavy atom. The Bertz CT molecular complexity index is 1320. The second kappa shape index (κ2) is 8.19. The van der Waals surface area contributed by atoms with Crippen molar-refractivity contribution >= 4 is 11.6 Å². The quantitative estimate of drug-likeness (QED) is 0.513. The number of nitrogens with zero attached hydrogens (tertiary/aromatic N) is 4. The van der Waals surface area contributed by atoms with Gasteiger partial charge in [0, 0.05) is 11.8 Å². The normalized spacial score (nSPS) is 10.7. The van der Waals surface area contributed by atoms with E-state index in [1.807, 2.05) is 30.3 Å². The molecule has 3 heterocycles. The summed E-state index contributed by atoms with van der Waals surface area (Å²) in [5, 5.41) is 10.8.